The molecule has 6 heteroatoms. The van der Waals surface area contributed by atoms with Crippen LogP contribution in [0, 0.1) is 11.3 Å². The lowest BCUT2D eigenvalue weighted by Crippen LogP contribution is -2.38. The molecule has 1 heterocycles. The predicted octanol–water partition coefficient (Wildman–Crippen LogP) is 2.18. The van der Waals surface area contributed by atoms with Crippen molar-refractivity contribution < 1.29 is 18.3 Å². The smallest absolute Gasteiger partial charge is 0.387 e. The Hall–Kier alpha value is -1.71. The Bertz CT molecular complexity index is 439. The van der Waals surface area contributed by atoms with Crippen LogP contribution in [0.1, 0.15) is 11.6 Å². The monoisotopic (exact) mass is 268 g/mol. The van der Waals surface area contributed by atoms with E-state index in [4.69, 9.17) is 4.74 Å². The predicted molar refractivity (Wildman–Crippen MR) is 63.8 cm³/mol. The third kappa shape index (κ3) is 3.63. The summed E-state index contributed by atoms with van der Waals surface area (Å²) in [6, 6.07) is 8.03. The molecule has 4 nitrogen and oxygen atoms in total. The van der Waals surface area contributed by atoms with Gasteiger partial charge in [-0.25, -0.2) is 0 Å². The highest BCUT2D eigenvalue weighted by molar-refractivity contribution is 5.31. The Morgan fingerprint density at radius 2 is 1.84 bits per heavy atom. The van der Waals surface area contributed by atoms with Crippen LogP contribution in [0.25, 0.3) is 0 Å². The van der Waals surface area contributed by atoms with E-state index in [1.807, 2.05) is 4.90 Å². The van der Waals surface area contributed by atoms with Crippen molar-refractivity contribution in [2.24, 2.45) is 0 Å². The molecule has 0 aliphatic carbocycles. The third-order valence-electron chi connectivity index (χ3n) is 2.95. The minimum Gasteiger partial charge on any atom is -0.435 e. The van der Waals surface area contributed by atoms with E-state index in [0.29, 0.717) is 26.3 Å². The van der Waals surface area contributed by atoms with Gasteiger partial charge in [0.1, 0.15) is 11.8 Å². The van der Waals surface area contributed by atoms with Gasteiger partial charge in [0.15, 0.2) is 0 Å². The molecule has 0 bridgehead atoms. The van der Waals surface area contributed by atoms with Crippen molar-refractivity contribution in [3.63, 3.8) is 0 Å². The molecule has 0 saturated carbocycles. The minimum atomic E-state index is -2.84. The summed E-state index contributed by atoms with van der Waals surface area (Å²) in [6.07, 6.45) is 0. The van der Waals surface area contributed by atoms with Gasteiger partial charge in [-0.2, -0.15) is 14.0 Å². The van der Waals surface area contributed by atoms with E-state index in [0.717, 1.165) is 5.56 Å². The fraction of sp³-hybridized carbons (Fsp3) is 0.462. The second kappa shape index (κ2) is 6.45. The molecule has 2 rings (SSSR count). The molecule has 0 aromatic heterocycles. The number of nitrogens with zero attached hydrogens (tertiary/aromatic N) is 2. The van der Waals surface area contributed by atoms with Gasteiger partial charge < -0.3 is 9.47 Å². The molecule has 1 aromatic carbocycles. The van der Waals surface area contributed by atoms with Crippen molar-refractivity contribution >= 4 is 0 Å². The van der Waals surface area contributed by atoms with E-state index in [2.05, 4.69) is 10.8 Å². The average Bonchev–Trinajstić information content (AvgIpc) is 2.42. The quantitative estimate of drug-likeness (QED) is 0.839. The third-order valence-corrected chi connectivity index (χ3v) is 2.95. The van der Waals surface area contributed by atoms with E-state index in [9.17, 15) is 14.0 Å². The molecule has 1 saturated heterocycles. The van der Waals surface area contributed by atoms with Gasteiger partial charge in [0, 0.05) is 13.1 Å². The molecule has 102 valence electrons. The molecule has 1 aromatic rings. The number of ether oxygens (including phenoxy) is 2. The van der Waals surface area contributed by atoms with E-state index in [-0.39, 0.29) is 11.8 Å². The second-order valence-corrected chi connectivity index (χ2v) is 4.13. The highest BCUT2D eigenvalue weighted by Crippen LogP contribution is 2.24. The summed E-state index contributed by atoms with van der Waals surface area (Å²) in [5.74, 6) is 0.0948. The van der Waals surface area contributed by atoms with Crippen LogP contribution in [-0.2, 0) is 4.74 Å². The molecule has 1 fully saturated rings. The summed E-state index contributed by atoms with van der Waals surface area (Å²) in [4.78, 5) is 2.01. The number of halogens is 2. The number of hydrogen-bond acceptors (Lipinski definition) is 4. The van der Waals surface area contributed by atoms with Crippen LogP contribution in [-0.4, -0.2) is 37.8 Å². The highest BCUT2D eigenvalue weighted by Gasteiger charge is 2.22. The molecule has 1 aliphatic heterocycles. The summed E-state index contributed by atoms with van der Waals surface area (Å²) in [5.41, 5.74) is 0.769. The first-order valence-corrected chi connectivity index (χ1v) is 5.97. The van der Waals surface area contributed by atoms with Crippen LogP contribution >= 0.6 is 0 Å². The van der Waals surface area contributed by atoms with Crippen molar-refractivity contribution in [2.45, 2.75) is 12.7 Å². The van der Waals surface area contributed by atoms with Crippen LogP contribution < -0.4 is 4.74 Å². The van der Waals surface area contributed by atoms with Gasteiger partial charge in [-0.3, -0.25) is 4.90 Å². The molecule has 1 aliphatic rings. The zero-order valence-electron chi connectivity index (χ0n) is 10.3. The van der Waals surface area contributed by atoms with E-state index in [1.54, 1.807) is 12.1 Å². The lowest BCUT2D eigenvalue weighted by atomic mass is 10.1. The lowest BCUT2D eigenvalue weighted by molar-refractivity contribution is -0.0498. The highest BCUT2D eigenvalue weighted by atomic mass is 19.3. The van der Waals surface area contributed by atoms with Gasteiger partial charge in [-0.05, 0) is 17.7 Å². The molecular weight excluding hydrogens is 254 g/mol. The Morgan fingerprint density at radius 1 is 1.21 bits per heavy atom. The average molecular weight is 268 g/mol. The summed E-state index contributed by atoms with van der Waals surface area (Å²) in [7, 11) is 0. The SMILES string of the molecule is N#CC(c1ccc(OC(F)F)cc1)N1CCOCC1. The maximum absolute atomic E-state index is 12.0. The maximum atomic E-state index is 12.0. The number of benzene rings is 1. The van der Waals surface area contributed by atoms with Gasteiger partial charge in [0.2, 0.25) is 0 Å². The molecular formula is C13H14F2N2O2. The largest absolute Gasteiger partial charge is 0.435 e. The number of morpholine rings is 1. The van der Waals surface area contributed by atoms with Gasteiger partial charge in [0.05, 0.1) is 19.3 Å². The van der Waals surface area contributed by atoms with Gasteiger partial charge >= 0.3 is 6.61 Å². The fourth-order valence-electron chi connectivity index (χ4n) is 2.03. The van der Waals surface area contributed by atoms with Crippen molar-refractivity contribution in [1.82, 2.24) is 4.90 Å². The Kier molecular flexibility index (Phi) is 4.66. The maximum Gasteiger partial charge on any atom is 0.387 e. The summed E-state index contributed by atoms with van der Waals surface area (Å²) in [5, 5.41) is 9.26. The van der Waals surface area contributed by atoms with Gasteiger partial charge in [-0.15, -0.1) is 0 Å². The fourth-order valence-corrected chi connectivity index (χ4v) is 2.03. The van der Waals surface area contributed by atoms with Crippen molar-refractivity contribution in [1.29, 1.82) is 5.26 Å². The Balaban J connectivity index is 2.08. The van der Waals surface area contributed by atoms with Crippen molar-refractivity contribution in [2.75, 3.05) is 26.3 Å². The first kappa shape index (κ1) is 13.7. The lowest BCUT2D eigenvalue weighted by Gasteiger charge is -2.30. The van der Waals surface area contributed by atoms with Crippen molar-refractivity contribution in [3.05, 3.63) is 29.8 Å². The van der Waals surface area contributed by atoms with E-state index >= 15 is 0 Å². The first-order valence-electron chi connectivity index (χ1n) is 5.97. The summed E-state index contributed by atoms with van der Waals surface area (Å²) in [6.45, 7) is -0.256. The number of alkyl halides is 2. The number of hydrogen-bond donors (Lipinski definition) is 0. The van der Waals surface area contributed by atoms with Crippen LogP contribution in [0.3, 0.4) is 0 Å². The molecule has 1 atom stereocenters. The zero-order valence-corrected chi connectivity index (χ0v) is 10.3. The number of nitriles is 1. The topological polar surface area (TPSA) is 45.5 Å². The minimum absolute atomic E-state index is 0.0948. The molecule has 0 N–H and O–H groups in total. The van der Waals surface area contributed by atoms with E-state index < -0.39 is 6.61 Å². The number of rotatable bonds is 4. The standard InChI is InChI=1S/C13H14F2N2O2/c14-13(15)19-11-3-1-10(2-4-11)12(9-16)17-5-7-18-8-6-17/h1-4,12-13H,5-8H2. The van der Waals surface area contributed by atoms with Crippen LogP contribution in [0.2, 0.25) is 0 Å². The van der Waals surface area contributed by atoms with Gasteiger partial charge in [-0.1, -0.05) is 12.1 Å². The van der Waals surface area contributed by atoms with Crippen molar-refractivity contribution in [3.8, 4) is 11.8 Å². The van der Waals surface area contributed by atoms with Crippen LogP contribution in [0.5, 0.6) is 5.75 Å². The molecule has 0 amide bonds. The molecule has 19 heavy (non-hydrogen) atoms. The first-order chi connectivity index (χ1) is 9.20. The van der Waals surface area contributed by atoms with E-state index in [1.165, 1.54) is 12.1 Å². The Labute approximate surface area is 110 Å². The molecule has 0 radical (unpaired) electrons. The molecule has 1 unspecified atom stereocenters. The normalized spacial score (nSPS) is 18.0. The summed E-state index contributed by atoms with van der Waals surface area (Å²) < 4.78 is 33.6. The second-order valence-electron chi connectivity index (χ2n) is 4.13. The zero-order chi connectivity index (χ0) is 13.7. The summed E-state index contributed by atoms with van der Waals surface area (Å²) >= 11 is 0. The molecule has 0 spiro atoms. The van der Waals surface area contributed by atoms with Crippen LogP contribution in [0.4, 0.5) is 8.78 Å². The Morgan fingerprint density at radius 3 is 2.37 bits per heavy atom. The van der Waals surface area contributed by atoms with Gasteiger partial charge in [0.25, 0.3) is 0 Å². The van der Waals surface area contributed by atoms with Crippen LogP contribution in [0.15, 0.2) is 24.3 Å².